The van der Waals surface area contributed by atoms with Gasteiger partial charge in [0, 0.05) is 32.0 Å². The van der Waals surface area contributed by atoms with E-state index in [1.165, 1.54) is 5.56 Å². The van der Waals surface area contributed by atoms with E-state index in [0.717, 1.165) is 47.6 Å². The van der Waals surface area contributed by atoms with Crippen LogP contribution in [-0.2, 0) is 24.3 Å². The van der Waals surface area contributed by atoms with Crippen LogP contribution in [0, 0.1) is 0 Å². The summed E-state index contributed by atoms with van der Waals surface area (Å²) in [5.74, 6) is 2.22. The number of ether oxygens (including phenoxy) is 1. The van der Waals surface area contributed by atoms with Gasteiger partial charge in [-0.15, -0.1) is 0 Å². The zero-order valence-corrected chi connectivity index (χ0v) is 19.7. The molecular weight excluding hydrogens is 422 g/mol. The first-order valence-corrected chi connectivity index (χ1v) is 12.2. The minimum Gasteiger partial charge on any atom is -0.494 e. The van der Waals surface area contributed by atoms with Crippen molar-refractivity contribution in [3.05, 3.63) is 95.8 Å². The van der Waals surface area contributed by atoms with E-state index in [4.69, 9.17) is 9.72 Å². The van der Waals surface area contributed by atoms with Crippen molar-refractivity contribution < 1.29 is 9.53 Å². The first-order valence-electron chi connectivity index (χ1n) is 12.2. The quantitative estimate of drug-likeness (QED) is 0.311. The lowest BCUT2D eigenvalue weighted by Crippen LogP contribution is -2.24. The molecule has 1 saturated heterocycles. The zero-order valence-electron chi connectivity index (χ0n) is 19.7. The lowest BCUT2D eigenvalue weighted by atomic mass is 10.1. The lowest BCUT2D eigenvalue weighted by Gasteiger charge is -2.17. The number of carbonyl (C=O) groups excluding carboxylic acids is 1. The Bertz CT molecular complexity index is 1250. The van der Waals surface area contributed by atoms with Gasteiger partial charge in [0.15, 0.2) is 0 Å². The molecule has 0 spiro atoms. The summed E-state index contributed by atoms with van der Waals surface area (Å²) in [6.45, 7) is 4.97. The van der Waals surface area contributed by atoms with Gasteiger partial charge in [-0.2, -0.15) is 0 Å². The molecule has 4 aromatic rings. The Hall–Kier alpha value is -3.60. The maximum atomic E-state index is 12.8. The average Bonchev–Trinajstić information content (AvgIpc) is 3.43. The summed E-state index contributed by atoms with van der Waals surface area (Å²) in [7, 11) is 0. The second kappa shape index (κ2) is 10.1. The molecule has 1 aromatic heterocycles. The summed E-state index contributed by atoms with van der Waals surface area (Å²) >= 11 is 0. The van der Waals surface area contributed by atoms with Crippen molar-refractivity contribution in [1.82, 2.24) is 14.5 Å². The van der Waals surface area contributed by atoms with Crippen LogP contribution in [0.4, 0.5) is 0 Å². The van der Waals surface area contributed by atoms with Gasteiger partial charge in [-0.05, 0) is 48.2 Å². The second-order valence-electron chi connectivity index (χ2n) is 8.97. The van der Waals surface area contributed by atoms with Crippen molar-refractivity contribution in [3.8, 4) is 5.75 Å². The van der Waals surface area contributed by atoms with E-state index in [-0.39, 0.29) is 11.8 Å². The number of benzene rings is 3. The Labute approximate surface area is 201 Å². The van der Waals surface area contributed by atoms with Crippen LogP contribution < -0.4 is 4.74 Å². The molecule has 0 bridgehead atoms. The number of amides is 1. The summed E-state index contributed by atoms with van der Waals surface area (Å²) in [5.41, 5.74) is 4.59. The molecule has 5 heteroatoms. The van der Waals surface area contributed by atoms with E-state index in [0.29, 0.717) is 26.1 Å². The number of hydrogen-bond donors (Lipinski definition) is 0. The van der Waals surface area contributed by atoms with Gasteiger partial charge in [-0.25, -0.2) is 4.98 Å². The van der Waals surface area contributed by atoms with Crippen LogP contribution in [0.15, 0.2) is 78.9 Å². The fraction of sp³-hybridized carbons (Fsp3) is 0.310. The van der Waals surface area contributed by atoms with E-state index in [1.807, 2.05) is 41.3 Å². The molecule has 1 aliphatic rings. The summed E-state index contributed by atoms with van der Waals surface area (Å²) in [4.78, 5) is 19.8. The average molecular weight is 454 g/mol. The maximum absolute atomic E-state index is 12.8. The normalized spacial score (nSPS) is 15.9. The van der Waals surface area contributed by atoms with E-state index in [1.54, 1.807) is 0 Å². The maximum Gasteiger partial charge on any atom is 0.223 e. The predicted molar refractivity (Wildman–Crippen MR) is 135 cm³/mol. The van der Waals surface area contributed by atoms with Crippen LogP contribution in [0.1, 0.15) is 42.6 Å². The number of rotatable bonds is 9. The third kappa shape index (κ3) is 4.84. The Balaban J connectivity index is 1.28. The number of fused-ring (bicyclic) bond motifs is 1. The molecule has 1 amide bonds. The van der Waals surface area contributed by atoms with Gasteiger partial charge in [-0.1, -0.05) is 61.5 Å². The molecule has 1 fully saturated rings. The number of aromatic nitrogens is 2. The number of hydrogen-bond acceptors (Lipinski definition) is 3. The van der Waals surface area contributed by atoms with Gasteiger partial charge in [0.05, 0.1) is 17.6 Å². The Morgan fingerprint density at radius 1 is 0.941 bits per heavy atom. The molecule has 0 aliphatic carbocycles. The number of nitrogens with zero attached hydrogens (tertiary/aromatic N) is 3. The van der Waals surface area contributed by atoms with Crippen LogP contribution >= 0.6 is 0 Å². The molecule has 3 aromatic carbocycles. The molecular formula is C29H31N3O2. The SMILES string of the molecule is CCc1ccc(OCCCn2c(C3CC(=O)N(Cc4ccccc4)C3)nc3ccccc32)cc1. The van der Waals surface area contributed by atoms with Gasteiger partial charge < -0.3 is 14.2 Å². The Morgan fingerprint density at radius 2 is 1.71 bits per heavy atom. The first kappa shape index (κ1) is 22.2. The first-order chi connectivity index (χ1) is 16.7. The van der Waals surface area contributed by atoms with E-state index < -0.39 is 0 Å². The minimum absolute atomic E-state index is 0.103. The number of para-hydroxylation sites is 2. The fourth-order valence-corrected chi connectivity index (χ4v) is 4.78. The Morgan fingerprint density at radius 3 is 2.50 bits per heavy atom. The number of carbonyl (C=O) groups is 1. The van der Waals surface area contributed by atoms with Crippen LogP contribution in [0.25, 0.3) is 11.0 Å². The highest BCUT2D eigenvalue weighted by molar-refractivity contribution is 5.81. The van der Waals surface area contributed by atoms with Crippen LogP contribution in [0.5, 0.6) is 5.75 Å². The second-order valence-corrected chi connectivity index (χ2v) is 8.97. The number of imidazole rings is 1. The summed E-state index contributed by atoms with van der Waals surface area (Å²) in [6.07, 6.45) is 2.41. The van der Waals surface area contributed by atoms with E-state index in [2.05, 4.69) is 54.0 Å². The van der Waals surface area contributed by atoms with Gasteiger partial charge in [-0.3, -0.25) is 4.79 Å². The van der Waals surface area contributed by atoms with Gasteiger partial charge in [0.2, 0.25) is 5.91 Å². The number of aryl methyl sites for hydroxylation is 2. The fourth-order valence-electron chi connectivity index (χ4n) is 4.78. The van der Waals surface area contributed by atoms with Gasteiger partial charge in [0.1, 0.15) is 11.6 Å². The largest absolute Gasteiger partial charge is 0.494 e. The molecule has 1 unspecified atom stereocenters. The Kier molecular flexibility index (Phi) is 6.61. The summed E-state index contributed by atoms with van der Waals surface area (Å²) in [5, 5.41) is 0. The van der Waals surface area contributed by atoms with Crippen LogP contribution in [-0.4, -0.2) is 33.5 Å². The molecule has 1 atom stereocenters. The molecule has 2 heterocycles. The monoisotopic (exact) mass is 453 g/mol. The molecule has 1 aliphatic heterocycles. The third-order valence-electron chi connectivity index (χ3n) is 6.61. The predicted octanol–water partition coefficient (Wildman–Crippen LogP) is 5.58. The lowest BCUT2D eigenvalue weighted by molar-refractivity contribution is -0.128. The molecule has 0 N–H and O–H groups in total. The van der Waals surface area contributed by atoms with Crippen molar-refractivity contribution in [1.29, 1.82) is 0 Å². The van der Waals surface area contributed by atoms with Crippen molar-refractivity contribution in [2.45, 2.75) is 45.2 Å². The summed E-state index contributed by atoms with van der Waals surface area (Å²) in [6, 6.07) is 26.8. The highest BCUT2D eigenvalue weighted by Gasteiger charge is 2.33. The van der Waals surface area contributed by atoms with Crippen molar-refractivity contribution in [3.63, 3.8) is 0 Å². The molecule has 5 rings (SSSR count). The molecule has 5 nitrogen and oxygen atoms in total. The summed E-state index contributed by atoms with van der Waals surface area (Å²) < 4.78 is 8.28. The zero-order chi connectivity index (χ0) is 23.3. The smallest absolute Gasteiger partial charge is 0.223 e. The van der Waals surface area contributed by atoms with Gasteiger partial charge in [0.25, 0.3) is 0 Å². The molecule has 174 valence electrons. The van der Waals surface area contributed by atoms with Crippen molar-refractivity contribution >= 4 is 16.9 Å². The topological polar surface area (TPSA) is 47.4 Å². The third-order valence-corrected chi connectivity index (χ3v) is 6.61. The minimum atomic E-state index is 0.103. The molecule has 34 heavy (non-hydrogen) atoms. The van der Waals surface area contributed by atoms with Crippen molar-refractivity contribution in [2.75, 3.05) is 13.2 Å². The van der Waals surface area contributed by atoms with Crippen LogP contribution in [0.2, 0.25) is 0 Å². The van der Waals surface area contributed by atoms with Crippen molar-refractivity contribution in [2.24, 2.45) is 0 Å². The standard InChI is InChI=1S/C29H31N3O2/c1-2-22-13-15-25(16-14-22)34-18-8-17-32-27-12-7-6-11-26(27)30-29(32)24-19-28(33)31(21-24)20-23-9-4-3-5-10-23/h3-7,9-16,24H,2,8,17-21H2,1H3. The van der Waals surface area contributed by atoms with E-state index >= 15 is 0 Å². The number of likely N-dealkylation sites (tertiary alicyclic amines) is 1. The highest BCUT2D eigenvalue weighted by Crippen LogP contribution is 2.31. The molecule has 0 saturated carbocycles. The van der Waals surface area contributed by atoms with Gasteiger partial charge >= 0.3 is 0 Å². The van der Waals surface area contributed by atoms with E-state index in [9.17, 15) is 4.79 Å². The highest BCUT2D eigenvalue weighted by atomic mass is 16.5. The molecule has 0 radical (unpaired) electrons. The van der Waals surface area contributed by atoms with Crippen LogP contribution in [0.3, 0.4) is 0 Å².